The van der Waals surface area contributed by atoms with Crippen molar-refractivity contribution >= 4 is 29.4 Å². The Balaban J connectivity index is 2.10. The lowest BCUT2D eigenvalue weighted by Gasteiger charge is -2.42. The van der Waals surface area contributed by atoms with Crippen molar-refractivity contribution in [2.75, 3.05) is 23.7 Å². The Bertz CT molecular complexity index is 940. The fourth-order valence-corrected chi connectivity index (χ4v) is 5.62. The van der Waals surface area contributed by atoms with Crippen molar-refractivity contribution in [3.63, 3.8) is 0 Å². The molecule has 0 saturated carbocycles. The molecule has 2 aliphatic rings. The van der Waals surface area contributed by atoms with Gasteiger partial charge in [-0.3, -0.25) is 4.79 Å². The average Bonchev–Trinajstić information content (AvgIpc) is 2.86. The van der Waals surface area contributed by atoms with Crippen LogP contribution >= 0.6 is 11.8 Å². The lowest BCUT2D eigenvalue weighted by Crippen LogP contribution is -2.58. The highest BCUT2D eigenvalue weighted by molar-refractivity contribution is 7.99. The van der Waals surface area contributed by atoms with Crippen LogP contribution in [0.25, 0.3) is 0 Å². The summed E-state index contributed by atoms with van der Waals surface area (Å²) in [6, 6.07) is 2.98. The molecule has 2 heterocycles. The van der Waals surface area contributed by atoms with Gasteiger partial charge >= 0.3 is 12.2 Å². The van der Waals surface area contributed by atoms with Crippen molar-refractivity contribution in [3.05, 3.63) is 28.8 Å². The van der Waals surface area contributed by atoms with Crippen molar-refractivity contribution < 1.29 is 22.8 Å². The molecule has 2 aliphatic heterocycles. The van der Waals surface area contributed by atoms with Gasteiger partial charge in [0.25, 0.3) is 5.91 Å². The summed E-state index contributed by atoms with van der Waals surface area (Å²) in [7, 11) is 0. The fourth-order valence-electron chi connectivity index (χ4n) is 4.48. The second-order valence-electron chi connectivity index (χ2n) is 8.15. The Hall–Kier alpha value is -2.25. The molecule has 3 rings (SSSR count). The monoisotopic (exact) mass is 454 g/mol. The number of hydrogen-bond donors (Lipinski definition) is 1. The minimum atomic E-state index is -4.79. The first-order valence-corrected chi connectivity index (χ1v) is 11.1. The van der Waals surface area contributed by atoms with Gasteiger partial charge in [0.15, 0.2) is 0 Å². The Labute approximate surface area is 183 Å². The third-order valence-electron chi connectivity index (χ3n) is 5.91. The topological polar surface area (TPSA) is 76.4 Å². The van der Waals surface area contributed by atoms with E-state index in [1.54, 1.807) is 31.7 Å². The van der Waals surface area contributed by atoms with E-state index >= 15 is 0 Å². The number of carbonyl (C=O) groups excluding carboxylic acids is 2. The van der Waals surface area contributed by atoms with Gasteiger partial charge in [-0.1, -0.05) is 6.92 Å². The molecule has 0 spiro atoms. The molecule has 1 aromatic rings. The molecule has 1 aromatic carbocycles. The maximum Gasteiger partial charge on any atom is 0.418 e. The number of nitriles is 1. The first-order valence-electron chi connectivity index (χ1n) is 10.1. The van der Waals surface area contributed by atoms with Gasteiger partial charge in [0, 0.05) is 17.8 Å². The molecule has 0 aromatic heterocycles. The summed E-state index contributed by atoms with van der Waals surface area (Å²) >= 11 is 1.69. The molecule has 1 N–H and O–H groups in total. The van der Waals surface area contributed by atoms with Crippen molar-refractivity contribution in [3.8, 4) is 6.07 Å². The first kappa shape index (κ1) is 23.4. The summed E-state index contributed by atoms with van der Waals surface area (Å²) in [6.45, 7) is 7.84. The van der Waals surface area contributed by atoms with Crippen LogP contribution in [-0.2, 0) is 11.0 Å². The Morgan fingerprint density at radius 3 is 2.58 bits per heavy atom. The van der Waals surface area contributed by atoms with Crippen LogP contribution in [0.2, 0.25) is 0 Å². The van der Waals surface area contributed by atoms with E-state index in [9.17, 15) is 22.8 Å². The van der Waals surface area contributed by atoms with Gasteiger partial charge in [-0.05, 0) is 57.2 Å². The van der Waals surface area contributed by atoms with Crippen LogP contribution in [-0.4, -0.2) is 52.5 Å². The van der Waals surface area contributed by atoms with Crippen molar-refractivity contribution in [2.45, 2.75) is 57.1 Å². The predicted octanol–water partition coefficient (Wildman–Crippen LogP) is 3.92. The number of benzene rings is 1. The Morgan fingerprint density at radius 2 is 2.00 bits per heavy atom. The van der Waals surface area contributed by atoms with Gasteiger partial charge in [0.1, 0.15) is 5.54 Å². The molecule has 6 nitrogen and oxygen atoms in total. The lowest BCUT2D eigenvalue weighted by atomic mass is 9.96. The molecule has 0 radical (unpaired) electrons. The number of alkyl halides is 3. The zero-order valence-corrected chi connectivity index (χ0v) is 18.7. The van der Waals surface area contributed by atoms with Crippen LogP contribution in [0.1, 0.15) is 43.9 Å². The van der Waals surface area contributed by atoms with Crippen molar-refractivity contribution in [1.82, 2.24) is 10.2 Å². The van der Waals surface area contributed by atoms with E-state index in [4.69, 9.17) is 5.26 Å². The molecule has 0 aliphatic carbocycles. The van der Waals surface area contributed by atoms with E-state index in [1.165, 1.54) is 17.9 Å². The van der Waals surface area contributed by atoms with Gasteiger partial charge in [-0.2, -0.15) is 30.2 Å². The molecule has 168 valence electrons. The maximum absolute atomic E-state index is 13.7. The quantitative estimate of drug-likeness (QED) is 0.698. The van der Waals surface area contributed by atoms with E-state index in [0.717, 1.165) is 16.7 Å². The van der Waals surface area contributed by atoms with Gasteiger partial charge in [-0.15, -0.1) is 0 Å². The number of rotatable bonds is 4. The summed E-state index contributed by atoms with van der Waals surface area (Å²) in [5, 5.41) is 12.5. The van der Waals surface area contributed by atoms with E-state index in [-0.39, 0.29) is 22.5 Å². The minimum Gasteiger partial charge on any atom is -0.315 e. The van der Waals surface area contributed by atoms with E-state index in [2.05, 4.69) is 5.32 Å². The Morgan fingerprint density at radius 1 is 1.32 bits per heavy atom. The van der Waals surface area contributed by atoms with Crippen molar-refractivity contribution in [1.29, 1.82) is 5.26 Å². The van der Waals surface area contributed by atoms with E-state index in [1.807, 2.05) is 6.92 Å². The van der Waals surface area contributed by atoms with E-state index < -0.39 is 34.8 Å². The molecule has 31 heavy (non-hydrogen) atoms. The smallest absolute Gasteiger partial charge is 0.315 e. The number of thioether (sulfide) groups is 1. The van der Waals surface area contributed by atoms with Crippen LogP contribution in [0.4, 0.5) is 23.7 Å². The number of piperidine rings is 1. The molecular formula is C21H25F3N4O2S. The second-order valence-corrected chi connectivity index (χ2v) is 9.66. The summed E-state index contributed by atoms with van der Waals surface area (Å²) in [4.78, 5) is 29.2. The molecule has 2 fully saturated rings. The van der Waals surface area contributed by atoms with Crippen LogP contribution in [0.15, 0.2) is 12.1 Å². The van der Waals surface area contributed by atoms with Crippen molar-refractivity contribution in [2.24, 2.45) is 0 Å². The highest BCUT2D eigenvalue weighted by atomic mass is 32.2. The molecule has 2 unspecified atom stereocenters. The lowest BCUT2D eigenvalue weighted by molar-refractivity contribution is -0.138. The third-order valence-corrected chi connectivity index (χ3v) is 7.15. The highest BCUT2D eigenvalue weighted by Gasteiger charge is 2.56. The number of anilines is 1. The number of carbonyl (C=O) groups is 2. The number of nitrogens with zero attached hydrogens (tertiary/aromatic N) is 3. The standard InChI is InChI=1S/C21H25F3N4O2S/c1-5-31-16-11-26-9-8-15(16)28-19(30)27(18(29)20(28,3)4)14-7-6-13(10-25)17(12(14)2)21(22,23)24/h6-7,15-16,26H,5,8-9,11H2,1-4H3. The maximum atomic E-state index is 13.7. The predicted molar refractivity (Wildman–Crippen MR) is 113 cm³/mol. The second kappa shape index (κ2) is 8.36. The molecule has 0 bridgehead atoms. The minimum absolute atomic E-state index is 0.0718. The normalized spacial score (nSPS) is 23.9. The summed E-state index contributed by atoms with van der Waals surface area (Å²) in [5.74, 6) is 0.268. The van der Waals surface area contributed by atoms with Gasteiger partial charge in [0.2, 0.25) is 0 Å². The molecular weight excluding hydrogens is 429 g/mol. The highest BCUT2D eigenvalue weighted by Crippen LogP contribution is 2.42. The van der Waals surface area contributed by atoms with Crippen LogP contribution in [0.5, 0.6) is 0 Å². The fraction of sp³-hybridized carbons (Fsp3) is 0.571. The molecule has 2 saturated heterocycles. The number of imide groups is 1. The number of halogens is 3. The summed E-state index contributed by atoms with van der Waals surface area (Å²) in [5.41, 5.74) is -3.31. The van der Waals surface area contributed by atoms with Crippen LogP contribution < -0.4 is 10.2 Å². The summed E-state index contributed by atoms with van der Waals surface area (Å²) in [6.07, 6.45) is -4.14. The largest absolute Gasteiger partial charge is 0.418 e. The summed E-state index contributed by atoms with van der Waals surface area (Å²) < 4.78 is 41.0. The number of urea groups is 1. The zero-order chi connectivity index (χ0) is 23.1. The molecule has 10 heteroatoms. The SMILES string of the molecule is CCSC1CNCCC1N1C(=O)N(c2ccc(C#N)c(C(F)(F)F)c2C)C(=O)C1(C)C. The number of nitrogens with one attached hydrogen (secondary N) is 1. The molecule has 2 atom stereocenters. The van der Waals surface area contributed by atoms with Gasteiger partial charge in [0.05, 0.1) is 22.9 Å². The number of hydrogen-bond acceptors (Lipinski definition) is 5. The van der Waals surface area contributed by atoms with Gasteiger partial charge < -0.3 is 10.2 Å². The van der Waals surface area contributed by atoms with Crippen LogP contribution in [0.3, 0.4) is 0 Å². The molecule has 3 amide bonds. The van der Waals surface area contributed by atoms with Gasteiger partial charge in [-0.25, -0.2) is 9.69 Å². The Kier molecular flexibility index (Phi) is 6.31. The number of amides is 3. The van der Waals surface area contributed by atoms with E-state index in [0.29, 0.717) is 19.5 Å². The average molecular weight is 455 g/mol. The third kappa shape index (κ3) is 3.89. The van der Waals surface area contributed by atoms with Crippen LogP contribution in [0, 0.1) is 18.3 Å². The zero-order valence-electron chi connectivity index (χ0n) is 17.8. The first-order chi connectivity index (χ1) is 14.5.